The number of aromatic nitrogens is 2. The lowest BCUT2D eigenvalue weighted by molar-refractivity contribution is -0.0771. The number of ether oxygens (including phenoxy) is 1. The van der Waals surface area contributed by atoms with E-state index in [4.69, 9.17) is 4.74 Å². The van der Waals surface area contributed by atoms with Gasteiger partial charge in [-0.15, -0.1) is 0 Å². The quantitative estimate of drug-likeness (QED) is 0.912. The van der Waals surface area contributed by atoms with Crippen LogP contribution in [0.5, 0.6) is 0 Å². The molecule has 0 aliphatic heterocycles. The summed E-state index contributed by atoms with van der Waals surface area (Å²) in [7, 11) is 0. The molecule has 1 heterocycles. The Morgan fingerprint density at radius 1 is 1.33 bits per heavy atom. The second-order valence-corrected chi connectivity index (χ2v) is 8.47. The predicted octanol–water partition coefficient (Wildman–Crippen LogP) is 3.63. The Kier molecular flexibility index (Phi) is 3.73. The molecule has 4 atom stereocenters. The first kappa shape index (κ1) is 16.1. The van der Waals surface area contributed by atoms with Gasteiger partial charge in [0.2, 0.25) is 0 Å². The molecule has 4 heteroatoms. The molecule has 2 aromatic rings. The molecule has 1 N–H and O–H groups in total. The standard InChI is InChI=1S/C20H28N2O2/c1-19(2)14-8-9-20(19,3)18(10-14)24-12-15(23)11-22-13-21-16-6-4-5-7-17(16)22/h4-7,13-15,18,23H,8-12H2,1-3H3. The number of fused-ring (bicyclic) bond motifs is 3. The van der Waals surface area contributed by atoms with Crippen molar-refractivity contribution in [1.29, 1.82) is 0 Å². The molecule has 4 nitrogen and oxygen atoms in total. The SMILES string of the molecule is CC1(C)C2CCC1(C)C(OCC(O)Cn1cnc3ccccc31)C2. The van der Waals surface area contributed by atoms with E-state index in [9.17, 15) is 5.11 Å². The number of benzene rings is 1. The summed E-state index contributed by atoms with van der Waals surface area (Å²) < 4.78 is 8.22. The fraction of sp³-hybridized carbons (Fsp3) is 0.650. The minimum Gasteiger partial charge on any atom is -0.389 e. The van der Waals surface area contributed by atoms with E-state index >= 15 is 0 Å². The Hall–Kier alpha value is -1.39. The van der Waals surface area contributed by atoms with Gasteiger partial charge in [0.15, 0.2) is 0 Å². The first-order valence-corrected chi connectivity index (χ1v) is 9.11. The van der Waals surface area contributed by atoms with Crippen LogP contribution >= 0.6 is 0 Å². The Morgan fingerprint density at radius 2 is 2.12 bits per heavy atom. The largest absolute Gasteiger partial charge is 0.389 e. The lowest BCUT2D eigenvalue weighted by Gasteiger charge is -2.39. The molecular weight excluding hydrogens is 300 g/mol. The van der Waals surface area contributed by atoms with Crippen molar-refractivity contribution in [3.8, 4) is 0 Å². The average Bonchev–Trinajstić information content (AvgIpc) is 3.12. The van der Waals surface area contributed by atoms with Gasteiger partial charge >= 0.3 is 0 Å². The van der Waals surface area contributed by atoms with E-state index in [0.717, 1.165) is 23.4 Å². The van der Waals surface area contributed by atoms with Gasteiger partial charge < -0.3 is 14.4 Å². The smallest absolute Gasteiger partial charge is 0.0959 e. The molecule has 1 aromatic heterocycles. The van der Waals surface area contributed by atoms with Gasteiger partial charge in [0, 0.05) is 0 Å². The van der Waals surface area contributed by atoms with Crippen molar-refractivity contribution >= 4 is 11.0 Å². The van der Waals surface area contributed by atoms with Gasteiger partial charge in [-0.25, -0.2) is 4.98 Å². The van der Waals surface area contributed by atoms with Gasteiger partial charge in [0.25, 0.3) is 0 Å². The van der Waals surface area contributed by atoms with Gasteiger partial charge in [-0.05, 0) is 48.1 Å². The third kappa shape index (κ3) is 2.31. The maximum Gasteiger partial charge on any atom is 0.0959 e. The lowest BCUT2D eigenvalue weighted by atomic mass is 9.70. The molecule has 0 saturated heterocycles. The summed E-state index contributed by atoms with van der Waals surface area (Å²) in [5, 5.41) is 10.5. The molecule has 1 aromatic carbocycles. The maximum atomic E-state index is 10.5. The van der Waals surface area contributed by atoms with E-state index in [0.29, 0.717) is 18.6 Å². The van der Waals surface area contributed by atoms with E-state index in [2.05, 4.69) is 25.8 Å². The average molecular weight is 328 g/mol. The zero-order valence-corrected chi connectivity index (χ0v) is 14.9. The monoisotopic (exact) mass is 328 g/mol. The van der Waals surface area contributed by atoms with Gasteiger partial charge in [0.05, 0.1) is 42.7 Å². The summed E-state index contributed by atoms with van der Waals surface area (Å²) in [4.78, 5) is 4.38. The number of aliphatic hydroxyl groups is 1. The Bertz CT molecular complexity index is 738. The van der Waals surface area contributed by atoms with Crippen molar-refractivity contribution in [2.45, 2.75) is 58.8 Å². The van der Waals surface area contributed by atoms with Gasteiger partial charge in [-0.2, -0.15) is 0 Å². The van der Waals surface area contributed by atoms with Crippen LogP contribution in [-0.4, -0.2) is 33.5 Å². The topological polar surface area (TPSA) is 47.3 Å². The Morgan fingerprint density at radius 3 is 2.83 bits per heavy atom. The first-order valence-electron chi connectivity index (χ1n) is 9.11. The molecule has 130 valence electrons. The number of aliphatic hydroxyl groups excluding tert-OH is 1. The Labute approximate surface area is 143 Å². The van der Waals surface area contributed by atoms with Crippen LogP contribution in [0.4, 0.5) is 0 Å². The molecule has 24 heavy (non-hydrogen) atoms. The summed E-state index contributed by atoms with van der Waals surface area (Å²) in [5.74, 6) is 0.766. The fourth-order valence-corrected chi connectivity index (χ4v) is 5.05. The number of rotatable bonds is 5. The third-order valence-corrected chi connectivity index (χ3v) is 7.14. The van der Waals surface area contributed by atoms with Gasteiger partial charge in [-0.1, -0.05) is 32.9 Å². The van der Waals surface area contributed by atoms with Crippen LogP contribution in [0.1, 0.15) is 40.0 Å². The summed E-state index contributed by atoms with van der Waals surface area (Å²) in [6.07, 6.45) is 5.29. The molecule has 2 bridgehead atoms. The fourth-order valence-electron chi connectivity index (χ4n) is 5.05. The van der Waals surface area contributed by atoms with Crippen molar-refractivity contribution in [2.75, 3.05) is 6.61 Å². The van der Waals surface area contributed by atoms with Crippen LogP contribution in [0.25, 0.3) is 11.0 Å². The van der Waals surface area contributed by atoms with E-state index < -0.39 is 6.10 Å². The second kappa shape index (κ2) is 5.57. The van der Waals surface area contributed by atoms with Crippen LogP contribution in [-0.2, 0) is 11.3 Å². The third-order valence-electron chi connectivity index (χ3n) is 7.14. The summed E-state index contributed by atoms with van der Waals surface area (Å²) in [6, 6.07) is 8.01. The number of imidazole rings is 1. The van der Waals surface area contributed by atoms with Crippen molar-refractivity contribution < 1.29 is 9.84 Å². The lowest BCUT2D eigenvalue weighted by Crippen LogP contribution is -2.38. The molecule has 4 rings (SSSR count). The predicted molar refractivity (Wildman–Crippen MR) is 94.7 cm³/mol. The van der Waals surface area contributed by atoms with Gasteiger partial charge in [0.1, 0.15) is 0 Å². The van der Waals surface area contributed by atoms with Crippen molar-refractivity contribution in [1.82, 2.24) is 9.55 Å². The first-order chi connectivity index (χ1) is 11.4. The highest BCUT2D eigenvalue weighted by atomic mass is 16.5. The van der Waals surface area contributed by atoms with Crippen molar-refractivity contribution in [3.05, 3.63) is 30.6 Å². The number of nitrogens with zero attached hydrogens (tertiary/aromatic N) is 2. The summed E-state index contributed by atoms with van der Waals surface area (Å²) in [5.41, 5.74) is 2.62. The molecule has 0 radical (unpaired) electrons. The molecule has 2 saturated carbocycles. The minimum absolute atomic E-state index is 0.249. The van der Waals surface area contributed by atoms with E-state index in [1.165, 1.54) is 12.8 Å². The molecular formula is C20H28N2O2. The molecule has 0 amide bonds. The maximum absolute atomic E-state index is 10.5. The number of hydrogen-bond donors (Lipinski definition) is 1. The molecule has 2 aliphatic carbocycles. The van der Waals surface area contributed by atoms with E-state index in [-0.39, 0.29) is 11.5 Å². The molecule has 2 fully saturated rings. The highest BCUT2D eigenvalue weighted by Crippen LogP contribution is 2.66. The minimum atomic E-state index is -0.506. The molecule has 4 unspecified atom stereocenters. The van der Waals surface area contributed by atoms with Crippen LogP contribution in [0.3, 0.4) is 0 Å². The van der Waals surface area contributed by atoms with Crippen LogP contribution in [0, 0.1) is 16.7 Å². The highest BCUT2D eigenvalue weighted by Gasteiger charge is 2.61. The zero-order chi connectivity index (χ0) is 16.9. The summed E-state index contributed by atoms with van der Waals surface area (Å²) >= 11 is 0. The van der Waals surface area contributed by atoms with E-state index in [1.54, 1.807) is 6.33 Å². The normalized spacial score (nSPS) is 32.5. The van der Waals surface area contributed by atoms with Crippen molar-refractivity contribution in [3.63, 3.8) is 0 Å². The Balaban J connectivity index is 1.39. The molecule has 0 spiro atoms. The van der Waals surface area contributed by atoms with E-state index in [1.807, 2.05) is 28.8 Å². The summed E-state index contributed by atoms with van der Waals surface area (Å²) in [6.45, 7) is 8.08. The van der Waals surface area contributed by atoms with Crippen LogP contribution < -0.4 is 0 Å². The van der Waals surface area contributed by atoms with Crippen LogP contribution in [0.2, 0.25) is 0 Å². The number of hydrogen-bond acceptors (Lipinski definition) is 3. The zero-order valence-electron chi connectivity index (χ0n) is 14.9. The van der Waals surface area contributed by atoms with Gasteiger partial charge in [-0.3, -0.25) is 0 Å². The van der Waals surface area contributed by atoms with Crippen molar-refractivity contribution in [2.24, 2.45) is 16.7 Å². The molecule has 2 aliphatic rings. The second-order valence-electron chi connectivity index (χ2n) is 8.47. The number of para-hydroxylation sites is 2. The van der Waals surface area contributed by atoms with Crippen LogP contribution in [0.15, 0.2) is 30.6 Å². The highest BCUT2D eigenvalue weighted by molar-refractivity contribution is 5.74.